The first-order chi connectivity index (χ1) is 12.9. The summed E-state index contributed by atoms with van der Waals surface area (Å²) in [4.78, 5) is 8.93. The standard InChI is InChI=1S/C22H26N4/c1-2-15(1)18-10-19(13-25-12-18)17-9-16-3-6-24-14-21(16)22(11-17)26-20-4-7-23-8-5-20/h3,6,9-10,12-15,20,22-23,26H,1-2,4-5,7-8,11H2. The molecule has 0 aromatic carbocycles. The normalized spacial score (nSPS) is 23.4. The fraction of sp³-hybridized carbons (Fsp3) is 0.455. The van der Waals surface area contributed by atoms with Gasteiger partial charge in [0.1, 0.15) is 0 Å². The van der Waals surface area contributed by atoms with Gasteiger partial charge in [-0.15, -0.1) is 0 Å². The van der Waals surface area contributed by atoms with Crippen molar-refractivity contribution in [3.8, 4) is 0 Å². The van der Waals surface area contributed by atoms with Crippen molar-refractivity contribution in [3.63, 3.8) is 0 Å². The van der Waals surface area contributed by atoms with Crippen LogP contribution >= 0.6 is 0 Å². The number of nitrogens with one attached hydrogen (secondary N) is 2. The highest BCUT2D eigenvalue weighted by Gasteiger charge is 2.27. The topological polar surface area (TPSA) is 49.8 Å². The summed E-state index contributed by atoms with van der Waals surface area (Å²) < 4.78 is 0. The molecule has 26 heavy (non-hydrogen) atoms. The van der Waals surface area contributed by atoms with E-state index in [4.69, 9.17) is 0 Å². The molecular weight excluding hydrogens is 320 g/mol. The van der Waals surface area contributed by atoms with E-state index in [2.05, 4.69) is 38.8 Å². The molecule has 1 aliphatic heterocycles. The zero-order valence-corrected chi connectivity index (χ0v) is 15.1. The van der Waals surface area contributed by atoms with Crippen molar-refractivity contribution in [2.24, 2.45) is 0 Å². The molecule has 1 saturated carbocycles. The monoisotopic (exact) mass is 346 g/mol. The van der Waals surface area contributed by atoms with Crippen LogP contribution in [0.4, 0.5) is 0 Å². The van der Waals surface area contributed by atoms with Crippen molar-refractivity contribution >= 4 is 11.6 Å². The molecule has 4 nitrogen and oxygen atoms in total. The van der Waals surface area contributed by atoms with Crippen LogP contribution < -0.4 is 10.6 Å². The molecule has 1 unspecified atom stereocenters. The van der Waals surface area contributed by atoms with Gasteiger partial charge in [-0.25, -0.2) is 0 Å². The molecule has 2 fully saturated rings. The number of pyridine rings is 2. The summed E-state index contributed by atoms with van der Waals surface area (Å²) in [7, 11) is 0. The van der Waals surface area contributed by atoms with Crippen LogP contribution in [0.25, 0.3) is 11.6 Å². The summed E-state index contributed by atoms with van der Waals surface area (Å²) in [5.74, 6) is 0.742. The van der Waals surface area contributed by atoms with Crippen LogP contribution in [-0.2, 0) is 0 Å². The largest absolute Gasteiger partial charge is 0.317 e. The highest BCUT2D eigenvalue weighted by molar-refractivity contribution is 5.84. The Morgan fingerprint density at radius 1 is 1.00 bits per heavy atom. The summed E-state index contributed by atoms with van der Waals surface area (Å²) >= 11 is 0. The van der Waals surface area contributed by atoms with Crippen LogP contribution in [0.1, 0.15) is 66.3 Å². The van der Waals surface area contributed by atoms with E-state index in [1.807, 2.05) is 24.8 Å². The first-order valence-electron chi connectivity index (χ1n) is 9.93. The van der Waals surface area contributed by atoms with E-state index in [0.29, 0.717) is 12.1 Å². The predicted molar refractivity (Wildman–Crippen MR) is 105 cm³/mol. The quantitative estimate of drug-likeness (QED) is 0.887. The van der Waals surface area contributed by atoms with E-state index in [1.165, 1.54) is 53.5 Å². The van der Waals surface area contributed by atoms with Crippen LogP contribution in [0.15, 0.2) is 36.9 Å². The van der Waals surface area contributed by atoms with Crippen LogP contribution in [0, 0.1) is 0 Å². The van der Waals surface area contributed by atoms with Gasteiger partial charge in [0, 0.05) is 36.9 Å². The number of aromatic nitrogens is 2. The highest BCUT2D eigenvalue weighted by atomic mass is 15.0. The second kappa shape index (κ2) is 6.93. The lowest BCUT2D eigenvalue weighted by molar-refractivity contribution is 0.350. The third kappa shape index (κ3) is 3.31. The molecule has 0 amide bonds. The number of rotatable bonds is 4. The van der Waals surface area contributed by atoms with Crippen LogP contribution in [0.2, 0.25) is 0 Å². The third-order valence-electron chi connectivity index (χ3n) is 5.97. The maximum absolute atomic E-state index is 4.54. The van der Waals surface area contributed by atoms with Crippen molar-refractivity contribution in [3.05, 3.63) is 59.2 Å². The number of nitrogens with zero attached hydrogens (tertiary/aromatic N) is 2. The molecule has 5 rings (SSSR count). The van der Waals surface area contributed by atoms with Crippen LogP contribution in [0.3, 0.4) is 0 Å². The molecule has 2 aliphatic carbocycles. The Morgan fingerprint density at radius 3 is 2.73 bits per heavy atom. The molecule has 134 valence electrons. The Hall–Kier alpha value is -2.04. The Balaban J connectivity index is 1.45. The van der Waals surface area contributed by atoms with Gasteiger partial charge in [0.05, 0.1) is 0 Å². The molecule has 3 heterocycles. The van der Waals surface area contributed by atoms with Gasteiger partial charge in [-0.3, -0.25) is 9.97 Å². The van der Waals surface area contributed by atoms with Gasteiger partial charge in [0.2, 0.25) is 0 Å². The van der Waals surface area contributed by atoms with Gasteiger partial charge in [-0.05, 0) is 91.1 Å². The lowest BCUT2D eigenvalue weighted by atomic mass is 9.85. The van der Waals surface area contributed by atoms with Crippen LogP contribution in [0.5, 0.6) is 0 Å². The van der Waals surface area contributed by atoms with Crippen molar-refractivity contribution in [1.29, 1.82) is 0 Å². The van der Waals surface area contributed by atoms with E-state index in [9.17, 15) is 0 Å². The smallest absolute Gasteiger partial charge is 0.0384 e. The molecule has 0 bridgehead atoms. The average Bonchev–Trinajstić information content (AvgIpc) is 3.54. The second-order valence-electron chi connectivity index (χ2n) is 7.90. The van der Waals surface area contributed by atoms with Gasteiger partial charge in [-0.2, -0.15) is 0 Å². The minimum Gasteiger partial charge on any atom is -0.317 e. The summed E-state index contributed by atoms with van der Waals surface area (Å²) in [6.45, 7) is 2.22. The summed E-state index contributed by atoms with van der Waals surface area (Å²) in [5.41, 5.74) is 6.72. The minimum atomic E-state index is 0.339. The van der Waals surface area contributed by atoms with Gasteiger partial charge in [0.15, 0.2) is 0 Å². The Morgan fingerprint density at radius 2 is 1.88 bits per heavy atom. The average molecular weight is 346 g/mol. The number of hydrogen-bond donors (Lipinski definition) is 2. The molecule has 2 aromatic heterocycles. The lowest BCUT2D eigenvalue weighted by Gasteiger charge is -2.32. The van der Waals surface area contributed by atoms with Crippen molar-refractivity contribution in [2.75, 3.05) is 13.1 Å². The van der Waals surface area contributed by atoms with Crippen molar-refractivity contribution in [2.45, 2.75) is 50.1 Å². The van der Waals surface area contributed by atoms with Gasteiger partial charge in [0.25, 0.3) is 0 Å². The highest BCUT2D eigenvalue weighted by Crippen LogP contribution is 2.42. The van der Waals surface area contributed by atoms with E-state index >= 15 is 0 Å². The molecule has 2 aromatic rings. The summed E-state index contributed by atoms with van der Waals surface area (Å²) in [6.07, 6.45) is 16.4. The van der Waals surface area contributed by atoms with Gasteiger partial charge < -0.3 is 10.6 Å². The second-order valence-corrected chi connectivity index (χ2v) is 7.90. The lowest BCUT2D eigenvalue weighted by Crippen LogP contribution is -2.42. The van der Waals surface area contributed by atoms with E-state index in [0.717, 1.165) is 25.4 Å². The van der Waals surface area contributed by atoms with Crippen molar-refractivity contribution in [1.82, 2.24) is 20.6 Å². The fourth-order valence-corrected chi connectivity index (χ4v) is 4.31. The molecule has 3 aliphatic rings. The number of hydrogen-bond acceptors (Lipinski definition) is 4. The molecule has 0 radical (unpaired) electrons. The number of piperidine rings is 1. The van der Waals surface area contributed by atoms with E-state index in [1.54, 1.807) is 0 Å². The van der Waals surface area contributed by atoms with E-state index < -0.39 is 0 Å². The molecule has 1 saturated heterocycles. The SMILES string of the molecule is C1=C(c2cncc(C3CC3)c2)CC(NC2CCNCC2)c2cnccc21. The zero-order chi connectivity index (χ0) is 17.3. The zero-order valence-electron chi connectivity index (χ0n) is 15.1. The first-order valence-corrected chi connectivity index (χ1v) is 9.93. The van der Waals surface area contributed by atoms with Gasteiger partial charge in [-0.1, -0.05) is 6.08 Å². The molecule has 0 spiro atoms. The Kier molecular flexibility index (Phi) is 4.31. The molecule has 4 heteroatoms. The Bertz CT molecular complexity index is 818. The molecular formula is C22H26N4. The van der Waals surface area contributed by atoms with Crippen LogP contribution in [-0.4, -0.2) is 29.1 Å². The minimum absolute atomic E-state index is 0.339. The Labute approximate surface area is 155 Å². The predicted octanol–water partition coefficient (Wildman–Crippen LogP) is 3.68. The maximum Gasteiger partial charge on any atom is 0.0384 e. The third-order valence-corrected chi connectivity index (χ3v) is 5.97. The molecule has 1 atom stereocenters. The van der Waals surface area contributed by atoms with E-state index in [-0.39, 0.29) is 0 Å². The van der Waals surface area contributed by atoms with Crippen molar-refractivity contribution < 1.29 is 0 Å². The number of fused-ring (bicyclic) bond motifs is 1. The summed E-state index contributed by atoms with van der Waals surface area (Å²) in [5, 5.41) is 7.38. The van der Waals surface area contributed by atoms with Gasteiger partial charge >= 0.3 is 0 Å². The first kappa shape index (κ1) is 16.2. The fourth-order valence-electron chi connectivity index (χ4n) is 4.31. The maximum atomic E-state index is 4.54. The molecule has 2 N–H and O–H groups in total. The summed E-state index contributed by atoms with van der Waals surface area (Å²) in [6, 6.07) is 5.43.